The van der Waals surface area contributed by atoms with Crippen LogP contribution in [0.4, 0.5) is 5.69 Å². The zero-order valence-corrected chi connectivity index (χ0v) is 17.8. The maximum Gasteiger partial charge on any atom is 0.240 e. The van der Waals surface area contributed by atoms with Gasteiger partial charge in [-0.15, -0.1) is 10.2 Å². The molecular weight excluding hydrogens is 402 g/mol. The first-order valence-corrected chi connectivity index (χ1v) is 10.5. The molecule has 0 spiro atoms. The van der Waals surface area contributed by atoms with Crippen molar-refractivity contribution >= 4 is 23.4 Å². The van der Waals surface area contributed by atoms with Crippen molar-refractivity contribution in [2.75, 3.05) is 24.5 Å². The second-order valence-electron chi connectivity index (χ2n) is 6.73. The number of ether oxygens (including phenoxy) is 2. The maximum absolute atomic E-state index is 13.2. The van der Waals surface area contributed by atoms with Crippen molar-refractivity contribution in [3.8, 4) is 11.5 Å². The number of aryl methyl sites for hydroxylation is 1. The molecule has 4 rings (SSSR count). The Morgan fingerprint density at radius 3 is 2.50 bits per heavy atom. The first kappa shape index (κ1) is 20.1. The second-order valence-corrected chi connectivity index (χ2v) is 7.84. The van der Waals surface area contributed by atoms with Gasteiger partial charge in [0.1, 0.15) is 22.6 Å². The second kappa shape index (κ2) is 8.66. The number of nitrogens with zero attached hydrogens (tertiary/aromatic N) is 3. The van der Waals surface area contributed by atoms with Gasteiger partial charge in [-0.3, -0.25) is 4.79 Å². The lowest BCUT2D eigenvalue weighted by Crippen LogP contribution is -2.41. The summed E-state index contributed by atoms with van der Waals surface area (Å²) in [6, 6.07) is 14.8. The molecule has 3 aromatic rings. The molecule has 156 valence electrons. The average molecular weight is 426 g/mol. The highest BCUT2D eigenvalue weighted by Gasteiger charge is 2.37. The predicted molar refractivity (Wildman–Crippen MR) is 116 cm³/mol. The number of aromatic nitrogens is 3. The van der Waals surface area contributed by atoms with Crippen LogP contribution in [0.1, 0.15) is 24.4 Å². The van der Waals surface area contributed by atoms with E-state index in [4.69, 9.17) is 9.47 Å². The van der Waals surface area contributed by atoms with Crippen molar-refractivity contribution in [1.29, 1.82) is 0 Å². The summed E-state index contributed by atoms with van der Waals surface area (Å²) >= 11 is 1.39. The van der Waals surface area contributed by atoms with Crippen LogP contribution in [-0.2, 0) is 4.79 Å². The molecule has 0 unspecified atom stereocenters. The van der Waals surface area contributed by atoms with E-state index in [1.807, 2.05) is 67.1 Å². The standard InChI is InChI=1S/C21H23N5O3S/c1-4-29-17-11-7-15(8-12-17)22-20(27)19-18(14-5-9-16(28-3)10-6-14)25-26-13(2)23-24-21(26)30-19/h5-12,18-19,25H,4H2,1-3H3,(H,22,27)/t18-,19-/m1/s1. The van der Waals surface area contributed by atoms with Gasteiger partial charge >= 0.3 is 0 Å². The van der Waals surface area contributed by atoms with Crippen molar-refractivity contribution in [3.63, 3.8) is 0 Å². The number of carbonyl (C=O) groups excluding carboxylic acids is 1. The van der Waals surface area contributed by atoms with E-state index in [0.29, 0.717) is 17.5 Å². The Morgan fingerprint density at radius 1 is 1.13 bits per heavy atom. The zero-order chi connectivity index (χ0) is 21.1. The number of benzene rings is 2. The third-order valence-corrected chi connectivity index (χ3v) is 5.98. The van der Waals surface area contributed by atoms with Crippen LogP contribution in [0.2, 0.25) is 0 Å². The van der Waals surface area contributed by atoms with Gasteiger partial charge < -0.3 is 20.2 Å². The topological polar surface area (TPSA) is 90.3 Å². The van der Waals surface area contributed by atoms with Crippen LogP contribution in [0.25, 0.3) is 0 Å². The van der Waals surface area contributed by atoms with Gasteiger partial charge in [-0.25, -0.2) is 4.68 Å². The molecule has 2 aromatic carbocycles. The van der Waals surface area contributed by atoms with Gasteiger partial charge in [0, 0.05) is 5.69 Å². The van der Waals surface area contributed by atoms with Crippen LogP contribution in [0, 0.1) is 6.92 Å². The van der Waals surface area contributed by atoms with Gasteiger partial charge in [0.2, 0.25) is 11.1 Å². The summed E-state index contributed by atoms with van der Waals surface area (Å²) < 4.78 is 12.5. The Kier molecular flexibility index (Phi) is 5.80. The molecule has 0 saturated carbocycles. The lowest BCUT2D eigenvalue weighted by atomic mass is 10.0. The SMILES string of the molecule is CCOc1ccc(NC(=O)[C@@H]2Sc3nnc(C)n3N[C@@H]2c2ccc(OC)cc2)cc1. The molecule has 30 heavy (non-hydrogen) atoms. The average Bonchev–Trinajstić information content (AvgIpc) is 3.14. The molecule has 2 heterocycles. The molecule has 0 saturated heterocycles. The number of anilines is 1. The Hall–Kier alpha value is -3.20. The molecule has 8 nitrogen and oxygen atoms in total. The van der Waals surface area contributed by atoms with Crippen LogP contribution in [0.5, 0.6) is 11.5 Å². The number of nitrogens with one attached hydrogen (secondary N) is 2. The fourth-order valence-electron chi connectivity index (χ4n) is 3.24. The Balaban J connectivity index is 1.59. The molecule has 1 amide bonds. The lowest BCUT2D eigenvalue weighted by Gasteiger charge is -2.32. The Bertz CT molecular complexity index is 1020. The van der Waals surface area contributed by atoms with E-state index in [9.17, 15) is 4.79 Å². The summed E-state index contributed by atoms with van der Waals surface area (Å²) in [4.78, 5) is 13.2. The number of rotatable bonds is 6. The van der Waals surface area contributed by atoms with Crippen LogP contribution >= 0.6 is 11.8 Å². The number of hydrogen-bond acceptors (Lipinski definition) is 7. The largest absolute Gasteiger partial charge is 0.497 e. The number of amides is 1. The first-order valence-electron chi connectivity index (χ1n) is 9.62. The van der Waals surface area contributed by atoms with E-state index in [1.165, 1.54) is 11.8 Å². The summed E-state index contributed by atoms with van der Waals surface area (Å²) in [5.41, 5.74) is 5.07. The zero-order valence-electron chi connectivity index (χ0n) is 17.0. The van der Waals surface area contributed by atoms with E-state index in [2.05, 4.69) is 20.9 Å². The Morgan fingerprint density at radius 2 is 1.83 bits per heavy atom. The summed E-state index contributed by atoms with van der Waals surface area (Å²) in [6.45, 7) is 4.40. The minimum atomic E-state index is -0.443. The minimum Gasteiger partial charge on any atom is -0.497 e. The van der Waals surface area contributed by atoms with E-state index in [1.54, 1.807) is 7.11 Å². The summed E-state index contributed by atoms with van der Waals surface area (Å²) in [6.07, 6.45) is 0. The molecule has 0 fully saturated rings. The van der Waals surface area contributed by atoms with Crippen LogP contribution in [0.15, 0.2) is 53.7 Å². The number of methoxy groups -OCH3 is 1. The van der Waals surface area contributed by atoms with Gasteiger partial charge in [0.15, 0.2) is 0 Å². The van der Waals surface area contributed by atoms with Crippen molar-refractivity contribution < 1.29 is 14.3 Å². The van der Waals surface area contributed by atoms with Crippen LogP contribution < -0.4 is 20.2 Å². The van der Waals surface area contributed by atoms with Crippen molar-refractivity contribution in [2.24, 2.45) is 0 Å². The highest BCUT2D eigenvalue weighted by molar-refractivity contribution is 8.00. The molecule has 1 aliphatic rings. The number of hydrogen-bond donors (Lipinski definition) is 2. The number of carbonyl (C=O) groups is 1. The first-order chi connectivity index (χ1) is 14.6. The summed E-state index contributed by atoms with van der Waals surface area (Å²) in [5.74, 6) is 2.15. The maximum atomic E-state index is 13.2. The van der Waals surface area contributed by atoms with Gasteiger partial charge in [-0.05, 0) is 55.8 Å². The molecule has 9 heteroatoms. The fourth-order valence-corrected chi connectivity index (χ4v) is 4.36. The lowest BCUT2D eigenvalue weighted by molar-refractivity contribution is -0.116. The predicted octanol–water partition coefficient (Wildman–Crippen LogP) is 3.39. The smallest absolute Gasteiger partial charge is 0.240 e. The molecule has 2 N–H and O–H groups in total. The molecule has 2 atom stereocenters. The third-order valence-electron chi connectivity index (χ3n) is 4.76. The van der Waals surface area contributed by atoms with Crippen molar-refractivity contribution in [2.45, 2.75) is 30.3 Å². The Labute approximate surface area is 179 Å². The van der Waals surface area contributed by atoms with Crippen LogP contribution in [-0.4, -0.2) is 39.7 Å². The molecule has 0 radical (unpaired) electrons. The van der Waals surface area contributed by atoms with E-state index in [-0.39, 0.29) is 11.9 Å². The van der Waals surface area contributed by atoms with Gasteiger partial charge in [0.25, 0.3) is 0 Å². The van der Waals surface area contributed by atoms with Gasteiger partial charge in [0.05, 0.1) is 19.8 Å². The number of thioether (sulfide) groups is 1. The molecule has 0 bridgehead atoms. The van der Waals surface area contributed by atoms with Gasteiger partial charge in [-0.2, -0.15) is 0 Å². The summed E-state index contributed by atoms with van der Waals surface area (Å²) in [7, 11) is 1.63. The fraction of sp³-hybridized carbons (Fsp3) is 0.286. The number of fused-ring (bicyclic) bond motifs is 1. The van der Waals surface area contributed by atoms with Crippen LogP contribution in [0.3, 0.4) is 0 Å². The van der Waals surface area contributed by atoms with E-state index < -0.39 is 5.25 Å². The third kappa shape index (κ3) is 4.06. The normalized spacial score (nSPS) is 17.6. The monoisotopic (exact) mass is 425 g/mol. The van der Waals surface area contributed by atoms with Crippen molar-refractivity contribution in [1.82, 2.24) is 14.9 Å². The van der Waals surface area contributed by atoms with E-state index in [0.717, 1.165) is 22.9 Å². The molecule has 0 aliphatic carbocycles. The molecular formula is C21H23N5O3S. The molecule has 1 aromatic heterocycles. The summed E-state index contributed by atoms with van der Waals surface area (Å²) in [5, 5.41) is 11.5. The highest BCUT2D eigenvalue weighted by atomic mass is 32.2. The quantitative estimate of drug-likeness (QED) is 0.626. The highest BCUT2D eigenvalue weighted by Crippen LogP contribution is 2.38. The van der Waals surface area contributed by atoms with E-state index >= 15 is 0 Å². The molecule has 1 aliphatic heterocycles. The van der Waals surface area contributed by atoms with Gasteiger partial charge in [-0.1, -0.05) is 23.9 Å². The minimum absolute atomic E-state index is 0.121. The van der Waals surface area contributed by atoms with Crippen molar-refractivity contribution in [3.05, 3.63) is 59.9 Å².